The van der Waals surface area contributed by atoms with E-state index in [4.69, 9.17) is 4.74 Å². The average molecular weight is 290 g/mol. The number of rotatable bonds is 6. The molecule has 1 fully saturated rings. The minimum atomic E-state index is 0.606. The van der Waals surface area contributed by atoms with Gasteiger partial charge in [-0.05, 0) is 56.6 Å². The van der Waals surface area contributed by atoms with Crippen LogP contribution in [0.3, 0.4) is 0 Å². The molecule has 21 heavy (non-hydrogen) atoms. The Morgan fingerprint density at radius 1 is 1.14 bits per heavy atom. The summed E-state index contributed by atoms with van der Waals surface area (Å²) in [7, 11) is 4.12. The fraction of sp³-hybridized carbons (Fsp3) is 0.667. The molecule has 1 aliphatic carbocycles. The van der Waals surface area contributed by atoms with E-state index in [1.54, 1.807) is 0 Å². The van der Waals surface area contributed by atoms with E-state index in [0.29, 0.717) is 6.04 Å². The van der Waals surface area contributed by atoms with Crippen molar-refractivity contribution in [3.63, 3.8) is 0 Å². The summed E-state index contributed by atoms with van der Waals surface area (Å²) in [6.07, 6.45) is 4.00. The van der Waals surface area contributed by atoms with Gasteiger partial charge in [0.2, 0.25) is 0 Å². The van der Waals surface area contributed by atoms with Gasteiger partial charge < -0.3 is 15.0 Å². The van der Waals surface area contributed by atoms with Crippen LogP contribution in [0.15, 0.2) is 24.3 Å². The Kier molecular flexibility index (Phi) is 5.92. The molecule has 118 valence electrons. The molecule has 0 spiro atoms. The number of benzene rings is 1. The van der Waals surface area contributed by atoms with Crippen LogP contribution in [0.5, 0.6) is 5.75 Å². The Balaban J connectivity index is 1.84. The lowest BCUT2D eigenvalue weighted by Crippen LogP contribution is -2.34. The normalized spacial score (nSPS) is 25.9. The molecule has 1 aromatic rings. The molecular formula is C18H30N2O. The van der Waals surface area contributed by atoms with E-state index in [0.717, 1.165) is 30.7 Å². The van der Waals surface area contributed by atoms with Gasteiger partial charge >= 0.3 is 0 Å². The molecule has 0 bridgehead atoms. The highest BCUT2D eigenvalue weighted by atomic mass is 16.5. The SMILES string of the molecule is CC1CCCC(Nc2ccc(OCCN(C)C)cc2)C1C. The first-order valence-electron chi connectivity index (χ1n) is 8.20. The van der Waals surface area contributed by atoms with E-state index in [9.17, 15) is 0 Å². The number of nitrogens with one attached hydrogen (secondary N) is 1. The summed E-state index contributed by atoms with van der Waals surface area (Å²) >= 11 is 0. The molecule has 0 heterocycles. The van der Waals surface area contributed by atoms with E-state index in [1.807, 2.05) is 0 Å². The maximum atomic E-state index is 5.73. The van der Waals surface area contributed by atoms with E-state index >= 15 is 0 Å². The van der Waals surface area contributed by atoms with Crippen molar-refractivity contribution in [1.82, 2.24) is 4.90 Å². The van der Waals surface area contributed by atoms with Crippen molar-refractivity contribution in [3.8, 4) is 5.75 Å². The van der Waals surface area contributed by atoms with Gasteiger partial charge in [-0.25, -0.2) is 0 Å². The van der Waals surface area contributed by atoms with E-state index < -0.39 is 0 Å². The highest BCUT2D eigenvalue weighted by Crippen LogP contribution is 2.31. The van der Waals surface area contributed by atoms with Crippen molar-refractivity contribution in [3.05, 3.63) is 24.3 Å². The lowest BCUT2D eigenvalue weighted by atomic mass is 9.78. The van der Waals surface area contributed by atoms with Crippen molar-refractivity contribution >= 4 is 5.69 Å². The first kappa shape index (κ1) is 16.2. The summed E-state index contributed by atoms with van der Waals surface area (Å²) in [5.41, 5.74) is 1.21. The van der Waals surface area contributed by atoms with Crippen LogP contribution in [0, 0.1) is 11.8 Å². The molecule has 1 aliphatic rings. The molecule has 1 N–H and O–H groups in total. The van der Waals surface area contributed by atoms with Gasteiger partial charge in [0.1, 0.15) is 12.4 Å². The predicted octanol–water partition coefficient (Wildman–Crippen LogP) is 3.86. The fourth-order valence-electron chi connectivity index (χ4n) is 2.99. The molecule has 0 aromatic heterocycles. The zero-order chi connectivity index (χ0) is 15.2. The Morgan fingerprint density at radius 3 is 2.52 bits per heavy atom. The van der Waals surface area contributed by atoms with E-state index in [2.05, 4.69) is 62.4 Å². The Labute approximate surface area is 129 Å². The Bertz CT molecular complexity index is 416. The summed E-state index contributed by atoms with van der Waals surface area (Å²) in [4.78, 5) is 2.13. The molecule has 0 aliphatic heterocycles. The second-order valence-corrected chi connectivity index (χ2v) is 6.69. The molecule has 0 amide bonds. The Hall–Kier alpha value is -1.22. The minimum absolute atomic E-state index is 0.606. The lowest BCUT2D eigenvalue weighted by molar-refractivity contribution is 0.253. The third-order valence-corrected chi connectivity index (χ3v) is 4.72. The van der Waals surface area contributed by atoms with Crippen molar-refractivity contribution in [2.24, 2.45) is 11.8 Å². The summed E-state index contributed by atoms with van der Waals surface area (Å²) < 4.78 is 5.73. The standard InChI is InChI=1S/C18H30N2O/c1-14-6-5-7-18(15(14)2)19-16-8-10-17(11-9-16)21-13-12-20(3)4/h8-11,14-15,18-19H,5-7,12-13H2,1-4H3. The second-order valence-electron chi connectivity index (χ2n) is 6.69. The van der Waals surface area contributed by atoms with Gasteiger partial charge in [-0.1, -0.05) is 26.7 Å². The molecule has 0 radical (unpaired) electrons. The zero-order valence-electron chi connectivity index (χ0n) is 13.9. The number of anilines is 1. The zero-order valence-corrected chi connectivity index (χ0v) is 13.9. The number of nitrogens with zero attached hydrogens (tertiary/aromatic N) is 1. The number of ether oxygens (including phenoxy) is 1. The number of likely N-dealkylation sites (N-methyl/N-ethyl adjacent to an activating group) is 1. The number of hydrogen-bond donors (Lipinski definition) is 1. The maximum Gasteiger partial charge on any atom is 0.119 e. The maximum absolute atomic E-state index is 5.73. The van der Waals surface area contributed by atoms with Gasteiger partial charge in [0.15, 0.2) is 0 Å². The first-order chi connectivity index (χ1) is 10.1. The quantitative estimate of drug-likeness (QED) is 0.861. The molecular weight excluding hydrogens is 260 g/mol. The van der Waals surface area contributed by atoms with Crippen LogP contribution in [-0.4, -0.2) is 38.2 Å². The van der Waals surface area contributed by atoms with Crippen molar-refractivity contribution in [2.75, 3.05) is 32.6 Å². The first-order valence-corrected chi connectivity index (χ1v) is 8.20. The molecule has 3 unspecified atom stereocenters. The van der Waals surface area contributed by atoms with Crippen LogP contribution in [0.4, 0.5) is 5.69 Å². The van der Waals surface area contributed by atoms with Crippen LogP contribution in [-0.2, 0) is 0 Å². The van der Waals surface area contributed by atoms with E-state index in [1.165, 1.54) is 24.9 Å². The molecule has 2 rings (SSSR count). The van der Waals surface area contributed by atoms with Crippen molar-refractivity contribution in [2.45, 2.75) is 39.2 Å². The largest absolute Gasteiger partial charge is 0.492 e. The molecule has 3 nitrogen and oxygen atoms in total. The third kappa shape index (κ3) is 4.92. The molecule has 1 aromatic carbocycles. The van der Waals surface area contributed by atoms with Crippen LogP contribution in [0.2, 0.25) is 0 Å². The third-order valence-electron chi connectivity index (χ3n) is 4.72. The summed E-state index contributed by atoms with van der Waals surface area (Å²) in [6.45, 7) is 6.43. The average Bonchev–Trinajstić information content (AvgIpc) is 2.45. The van der Waals surface area contributed by atoms with Crippen LogP contribution >= 0.6 is 0 Å². The summed E-state index contributed by atoms with van der Waals surface area (Å²) in [5.74, 6) is 2.52. The predicted molar refractivity (Wildman–Crippen MR) is 90.1 cm³/mol. The topological polar surface area (TPSA) is 24.5 Å². The van der Waals surface area contributed by atoms with Crippen molar-refractivity contribution < 1.29 is 4.74 Å². The van der Waals surface area contributed by atoms with Gasteiger partial charge in [0, 0.05) is 18.3 Å². The van der Waals surface area contributed by atoms with Gasteiger partial charge in [0.05, 0.1) is 0 Å². The lowest BCUT2D eigenvalue weighted by Gasteiger charge is -2.35. The van der Waals surface area contributed by atoms with Gasteiger partial charge in [0.25, 0.3) is 0 Å². The molecule has 1 saturated carbocycles. The van der Waals surface area contributed by atoms with Crippen LogP contribution in [0.1, 0.15) is 33.1 Å². The van der Waals surface area contributed by atoms with Gasteiger partial charge in [-0.15, -0.1) is 0 Å². The summed E-state index contributed by atoms with van der Waals surface area (Å²) in [5, 5.41) is 3.70. The fourth-order valence-corrected chi connectivity index (χ4v) is 2.99. The highest BCUT2D eigenvalue weighted by molar-refractivity contribution is 5.47. The summed E-state index contributed by atoms with van der Waals surface area (Å²) in [6, 6.07) is 9.01. The van der Waals surface area contributed by atoms with E-state index in [-0.39, 0.29) is 0 Å². The smallest absolute Gasteiger partial charge is 0.119 e. The number of hydrogen-bond acceptors (Lipinski definition) is 3. The molecule has 3 atom stereocenters. The van der Waals surface area contributed by atoms with Gasteiger partial charge in [-0.3, -0.25) is 0 Å². The Morgan fingerprint density at radius 2 is 1.86 bits per heavy atom. The highest BCUT2D eigenvalue weighted by Gasteiger charge is 2.26. The monoisotopic (exact) mass is 290 g/mol. The van der Waals surface area contributed by atoms with Gasteiger partial charge in [-0.2, -0.15) is 0 Å². The van der Waals surface area contributed by atoms with Crippen molar-refractivity contribution in [1.29, 1.82) is 0 Å². The molecule has 0 saturated heterocycles. The molecule has 3 heteroatoms. The van der Waals surface area contributed by atoms with Crippen LogP contribution in [0.25, 0.3) is 0 Å². The van der Waals surface area contributed by atoms with Crippen LogP contribution < -0.4 is 10.1 Å². The minimum Gasteiger partial charge on any atom is -0.492 e. The second kappa shape index (κ2) is 7.69.